The molecule has 0 atom stereocenters. The van der Waals surface area contributed by atoms with Gasteiger partial charge in [0.1, 0.15) is 5.76 Å². The Balaban J connectivity index is 2.14. The first-order valence-electron chi connectivity index (χ1n) is 6.84. The van der Waals surface area contributed by atoms with Crippen molar-refractivity contribution < 1.29 is 33.4 Å². The van der Waals surface area contributed by atoms with E-state index in [-0.39, 0.29) is 11.3 Å². The molecule has 0 saturated carbocycles. The number of carbonyl (C=O) groups is 2. The summed E-state index contributed by atoms with van der Waals surface area (Å²) in [5, 5.41) is 18.4. The number of carboxylic acids is 2. The van der Waals surface area contributed by atoms with Gasteiger partial charge in [0.05, 0.1) is 18.9 Å². The molecule has 2 heterocycles. The average molecular weight is 328 g/mol. The number of benzene rings is 1. The summed E-state index contributed by atoms with van der Waals surface area (Å²) in [6.45, 7) is 0. The van der Waals surface area contributed by atoms with E-state index in [1.54, 1.807) is 42.7 Å². The van der Waals surface area contributed by atoms with Crippen molar-refractivity contribution in [2.45, 2.75) is 0 Å². The van der Waals surface area contributed by atoms with Gasteiger partial charge in [0.15, 0.2) is 5.75 Å². The standard InChI is InChI=1S/C17H12O7/c1-22-13-12(14(16(18)19)24-15(13)17(20)21)10-6-4-9(5-7-10)11-3-2-8-23-11/h2-8H,1H3,(H,18,19)(H,20,21). The van der Waals surface area contributed by atoms with E-state index in [1.165, 1.54) is 7.11 Å². The number of rotatable bonds is 5. The van der Waals surface area contributed by atoms with Gasteiger partial charge in [0.2, 0.25) is 5.76 Å². The molecule has 0 amide bonds. The molecule has 2 N–H and O–H groups in total. The fourth-order valence-electron chi connectivity index (χ4n) is 2.41. The number of aromatic carboxylic acids is 2. The van der Waals surface area contributed by atoms with Crippen LogP contribution in [-0.2, 0) is 0 Å². The van der Waals surface area contributed by atoms with Crippen molar-refractivity contribution in [3.63, 3.8) is 0 Å². The molecule has 0 unspecified atom stereocenters. The fourth-order valence-corrected chi connectivity index (χ4v) is 2.41. The highest BCUT2D eigenvalue weighted by Gasteiger charge is 2.30. The summed E-state index contributed by atoms with van der Waals surface area (Å²) >= 11 is 0. The molecule has 0 spiro atoms. The molecule has 122 valence electrons. The van der Waals surface area contributed by atoms with Gasteiger partial charge in [-0.15, -0.1) is 0 Å². The lowest BCUT2D eigenvalue weighted by Gasteiger charge is -2.05. The zero-order valence-electron chi connectivity index (χ0n) is 12.5. The van der Waals surface area contributed by atoms with Crippen molar-refractivity contribution >= 4 is 11.9 Å². The lowest BCUT2D eigenvalue weighted by atomic mass is 10.0. The van der Waals surface area contributed by atoms with Gasteiger partial charge in [-0.1, -0.05) is 24.3 Å². The molecular formula is C17H12O7. The third-order valence-corrected chi connectivity index (χ3v) is 3.44. The number of hydrogen-bond acceptors (Lipinski definition) is 5. The van der Waals surface area contributed by atoms with E-state index in [0.717, 1.165) is 5.56 Å². The molecule has 24 heavy (non-hydrogen) atoms. The van der Waals surface area contributed by atoms with Crippen LogP contribution in [0.25, 0.3) is 22.5 Å². The molecule has 0 saturated heterocycles. The van der Waals surface area contributed by atoms with Gasteiger partial charge < -0.3 is 23.8 Å². The Kier molecular flexibility index (Phi) is 3.83. The summed E-state index contributed by atoms with van der Waals surface area (Å²) < 4.78 is 15.3. The van der Waals surface area contributed by atoms with Crippen LogP contribution < -0.4 is 4.74 Å². The van der Waals surface area contributed by atoms with E-state index in [1.807, 2.05) is 0 Å². The Morgan fingerprint density at radius 1 is 0.958 bits per heavy atom. The molecule has 7 nitrogen and oxygen atoms in total. The van der Waals surface area contributed by atoms with Crippen LogP contribution in [0.15, 0.2) is 51.5 Å². The van der Waals surface area contributed by atoms with Gasteiger partial charge in [0.25, 0.3) is 5.76 Å². The van der Waals surface area contributed by atoms with Crippen LogP contribution in [-0.4, -0.2) is 29.3 Å². The maximum atomic E-state index is 11.4. The highest BCUT2D eigenvalue weighted by Crippen LogP contribution is 2.39. The van der Waals surface area contributed by atoms with Crippen LogP contribution in [0.5, 0.6) is 5.75 Å². The first kappa shape index (κ1) is 15.4. The monoisotopic (exact) mass is 328 g/mol. The van der Waals surface area contributed by atoms with E-state index in [9.17, 15) is 14.7 Å². The molecule has 3 rings (SSSR count). The molecule has 0 bridgehead atoms. The van der Waals surface area contributed by atoms with E-state index >= 15 is 0 Å². The highest BCUT2D eigenvalue weighted by molar-refractivity contribution is 6.00. The lowest BCUT2D eigenvalue weighted by molar-refractivity contribution is 0.0630. The lowest BCUT2D eigenvalue weighted by Crippen LogP contribution is -1.97. The Labute approximate surface area is 135 Å². The van der Waals surface area contributed by atoms with Crippen molar-refractivity contribution in [2.75, 3.05) is 7.11 Å². The van der Waals surface area contributed by atoms with E-state index in [4.69, 9.17) is 18.7 Å². The summed E-state index contributed by atoms with van der Waals surface area (Å²) in [5.74, 6) is -3.32. The van der Waals surface area contributed by atoms with Crippen molar-refractivity contribution in [1.29, 1.82) is 0 Å². The van der Waals surface area contributed by atoms with Crippen molar-refractivity contribution in [3.8, 4) is 28.2 Å². The molecule has 7 heteroatoms. The molecule has 0 fully saturated rings. The average Bonchev–Trinajstić information content (AvgIpc) is 3.22. The quantitative estimate of drug-likeness (QED) is 0.736. The van der Waals surface area contributed by atoms with Crippen LogP contribution in [0.2, 0.25) is 0 Å². The Morgan fingerprint density at radius 2 is 1.58 bits per heavy atom. The number of furan rings is 2. The van der Waals surface area contributed by atoms with Gasteiger partial charge in [-0.05, 0) is 17.7 Å². The van der Waals surface area contributed by atoms with Crippen molar-refractivity contribution in [2.24, 2.45) is 0 Å². The summed E-state index contributed by atoms with van der Waals surface area (Å²) in [5.41, 5.74) is 1.32. The molecule has 0 aliphatic rings. The summed E-state index contributed by atoms with van der Waals surface area (Å²) in [4.78, 5) is 22.6. The maximum absolute atomic E-state index is 11.4. The predicted molar refractivity (Wildman–Crippen MR) is 82.3 cm³/mol. The highest BCUT2D eigenvalue weighted by atomic mass is 16.5. The molecule has 1 aromatic carbocycles. The Morgan fingerprint density at radius 3 is 2.08 bits per heavy atom. The zero-order valence-corrected chi connectivity index (χ0v) is 12.5. The smallest absolute Gasteiger partial charge is 0.375 e. The van der Waals surface area contributed by atoms with Gasteiger partial charge in [0, 0.05) is 5.56 Å². The van der Waals surface area contributed by atoms with Crippen LogP contribution >= 0.6 is 0 Å². The third kappa shape index (κ3) is 2.52. The second-order valence-electron chi connectivity index (χ2n) is 4.83. The molecular weight excluding hydrogens is 316 g/mol. The minimum absolute atomic E-state index is 0.0772. The molecule has 3 aromatic rings. The van der Waals surface area contributed by atoms with Crippen molar-refractivity contribution in [1.82, 2.24) is 0 Å². The SMILES string of the molecule is COc1c(C(=O)O)oc(C(=O)O)c1-c1ccc(-c2ccco2)cc1. The largest absolute Gasteiger partial charge is 0.492 e. The van der Waals surface area contributed by atoms with Crippen molar-refractivity contribution in [3.05, 3.63) is 54.2 Å². The van der Waals surface area contributed by atoms with Crippen LogP contribution in [0.4, 0.5) is 0 Å². The summed E-state index contributed by atoms with van der Waals surface area (Å²) in [6.07, 6.45) is 1.55. The minimum atomic E-state index is -1.41. The second kappa shape index (κ2) is 5.96. The topological polar surface area (TPSA) is 110 Å². The first-order valence-corrected chi connectivity index (χ1v) is 6.84. The molecule has 2 aromatic heterocycles. The summed E-state index contributed by atoms with van der Waals surface area (Å²) in [6, 6.07) is 10.3. The van der Waals surface area contributed by atoms with Gasteiger partial charge in [-0.3, -0.25) is 0 Å². The van der Waals surface area contributed by atoms with Crippen LogP contribution in [0, 0.1) is 0 Å². The fraction of sp³-hybridized carbons (Fsp3) is 0.0588. The Bertz CT molecular complexity index is 886. The molecule has 0 aliphatic carbocycles. The van der Waals surface area contributed by atoms with Gasteiger partial charge in [-0.2, -0.15) is 0 Å². The van der Waals surface area contributed by atoms with E-state index in [2.05, 4.69) is 0 Å². The normalized spacial score (nSPS) is 10.5. The van der Waals surface area contributed by atoms with Crippen LogP contribution in [0.3, 0.4) is 0 Å². The second-order valence-corrected chi connectivity index (χ2v) is 4.83. The summed E-state index contributed by atoms with van der Waals surface area (Å²) in [7, 11) is 1.25. The van der Waals surface area contributed by atoms with E-state index < -0.39 is 23.5 Å². The molecule has 0 aliphatic heterocycles. The maximum Gasteiger partial charge on any atom is 0.375 e. The Hall–Kier alpha value is -3.48. The van der Waals surface area contributed by atoms with Gasteiger partial charge >= 0.3 is 11.9 Å². The number of methoxy groups -OCH3 is 1. The number of carboxylic acid groups (broad SMARTS) is 2. The third-order valence-electron chi connectivity index (χ3n) is 3.44. The van der Waals surface area contributed by atoms with E-state index in [0.29, 0.717) is 11.3 Å². The first-order chi connectivity index (χ1) is 11.5. The van der Waals surface area contributed by atoms with Gasteiger partial charge in [-0.25, -0.2) is 9.59 Å². The number of hydrogen-bond donors (Lipinski definition) is 2. The molecule has 0 radical (unpaired) electrons. The minimum Gasteiger partial charge on any atom is -0.492 e. The predicted octanol–water partition coefficient (Wildman–Crippen LogP) is 3.61. The zero-order chi connectivity index (χ0) is 17.3. The van der Waals surface area contributed by atoms with Crippen LogP contribution in [0.1, 0.15) is 21.1 Å². The number of ether oxygens (including phenoxy) is 1.